The number of fused-ring (bicyclic) bond motifs is 1. The Morgan fingerprint density at radius 1 is 1.47 bits per heavy atom. The number of hydrogen-bond donors (Lipinski definition) is 1. The van der Waals surface area contributed by atoms with E-state index in [1.165, 1.54) is 13.1 Å². The van der Waals surface area contributed by atoms with E-state index in [1.54, 1.807) is 13.0 Å². The van der Waals surface area contributed by atoms with Crippen LogP contribution in [0.5, 0.6) is 0 Å². The maximum absolute atomic E-state index is 11.7. The molecule has 88 valence electrons. The van der Waals surface area contributed by atoms with Crippen molar-refractivity contribution in [2.45, 2.75) is 6.92 Å². The van der Waals surface area contributed by atoms with Crippen molar-refractivity contribution >= 4 is 39.1 Å². The standard InChI is InChI=1S/C12H10BrNO3/c1-6-10(13)8-3-7(5-15)4-9(11(8)17-6)12(16)14-2/h3-5H,1-2H3,(H,14,16). The Morgan fingerprint density at radius 3 is 2.76 bits per heavy atom. The van der Waals surface area contributed by atoms with E-state index in [4.69, 9.17) is 4.42 Å². The Bertz CT molecular complexity index is 616. The molecule has 0 fully saturated rings. The van der Waals surface area contributed by atoms with Crippen molar-refractivity contribution in [3.05, 3.63) is 33.5 Å². The second-order valence-electron chi connectivity index (χ2n) is 3.61. The molecule has 2 rings (SSSR count). The minimum atomic E-state index is -0.278. The number of rotatable bonds is 2. The summed E-state index contributed by atoms with van der Waals surface area (Å²) >= 11 is 3.38. The summed E-state index contributed by atoms with van der Waals surface area (Å²) in [6, 6.07) is 3.21. The number of halogens is 1. The lowest BCUT2D eigenvalue weighted by Crippen LogP contribution is -2.18. The van der Waals surface area contributed by atoms with Crippen molar-refractivity contribution in [3.8, 4) is 0 Å². The third-order valence-corrected chi connectivity index (χ3v) is 3.51. The van der Waals surface area contributed by atoms with Gasteiger partial charge in [0.15, 0.2) is 0 Å². The Hall–Kier alpha value is -1.62. The molecule has 0 saturated carbocycles. The summed E-state index contributed by atoms with van der Waals surface area (Å²) in [6.45, 7) is 1.79. The first-order valence-corrected chi connectivity index (χ1v) is 5.77. The van der Waals surface area contributed by atoms with Gasteiger partial charge in [0, 0.05) is 18.0 Å². The highest BCUT2D eigenvalue weighted by molar-refractivity contribution is 9.10. The average molecular weight is 296 g/mol. The van der Waals surface area contributed by atoms with Crippen LogP contribution in [-0.2, 0) is 0 Å². The minimum Gasteiger partial charge on any atom is -0.459 e. The second-order valence-corrected chi connectivity index (χ2v) is 4.41. The molecule has 4 nitrogen and oxygen atoms in total. The summed E-state index contributed by atoms with van der Waals surface area (Å²) in [5.41, 5.74) is 1.29. The summed E-state index contributed by atoms with van der Waals surface area (Å²) < 4.78 is 6.29. The Morgan fingerprint density at radius 2 is 2.18 bits per heavy atom. The van der Waals surface area contributed by atoms with Crippen LogP contribution >= 0.6 is 15.9 Å². The van der Waals surface area contributed by atoms with Gasteiger partial charge in [-0.3, -0.25) is 9.59 Å². The number of nitrogens with one attached hydrogen (secondary N) is 1. The number of aryl methyl sites for hydroxylation is 1. The van der Waals surface area contributed by atoms with Gasteiger partial charge in [0.2, 0.25) is 0 Å². The molecule has 2 aromatic rings. The van der Waals surface area contributed by atoms with Crippen molar-refractivity contribution in [2.75, 3.05) is 7.05 Å². The monoisotopic (exact) mass is 295 g/mol. The summed E-state index contributed by atoms with van der Waals surface area (Å²) in [7, 11) is 1.53. The molecular weight excluding hydrogens is 286 g/mol. The first-order chi connectivity index (χ1) is 8.08. The molecule has 0 aliphatic rings. The normalized spacial score (nSPS) is 10.5. The third kappa shape index (κ3) is 1.86. The second kappa shape index (κ2) is 4.33. The van der Waals surface area contributed by atoms with E-state index in [9.17, 15) is 9.59 Å². The Kier molecular flexibility index (Phi) is 3.02. The molecular formula is C12H10BrNO3. The van der Waals surface area contributed by atoms with Gasteiger partial charge in [-0.2, -0.15) is 0 Å². The molecule has 0 spiro atoms. The number of carbonyl (C=O) groups is 2. The first kappa shape index (κ1) is 11.9. The molecule has 1 heterocycles. The van der Waals surface area contributed by atoms with Gasteiger partial charge in [-0.1, -0.05) is 0 Å². The highest BCUT2D eigenvalue weighted by Crippen LogP contribution is 2.33. The Labute approximate surface area is 106 Å². The lowest BCUT2D eigenvalue weighted by molar-refractivity contribution is 0.0963. The SMILES string of the molecule is CNC(=O)c1cc(C=O)cc2c(Br)c(C)oc12. The number of carbonyl (C=O) groups excluding carboxylic acids is 2. The summed E-state index contributed by atoms with van der Waals surface area (Å²) in [4.78, 5) is 22.6. The number of furan rings is 1. The smallest absolute Gasteiger partial charge is 0.254 e. The molecule has 1 amide bonds. The van der Waals surface area contributed by atoms with Crippen LogP contribution in [0.1, 0.15) is 26.5 Å². The summed E-state index contributed by atoms with van der Waals surface area (Å²) in [5.74, 6) is 0.396. The van der Waals surface area contributed by atoms with Gasteiger partial charge in [-0.15, -0.1) is 0 Å². The van der Waals surface area contributed by atoms with Crippen LogP contribution in [0.4, 0.5) is 0 Å². The molecule has 1 N–H and O–H groups in total. The fourth-order valence-electron chi connectivity index (χ4n) is 1.68. The summed E-state index contributed by atoms with van der Waals surface area (Å²) in [6.07, 6.45) is 0.709. The molecule has 0 aliphatic carbocycles. The quantitative estimate of drug-likeness (QED) is 0.867. The van der Waals surface area contributed by atoms with Crippen molar-refractivity contribution in [2.24, 2.45) is 0 Å². The topological polar surface area (TPSA) is 59.3 Å². The largest absolute Gasteiger partial charge is 0.459 e. The maximum atomic E-state index is 11.7. The molecule has 0 atom stereocenters. The van der Waals surface area contributed by atoms with Gasteiger partial charge in [0.05, 0.1) is 10.0 Å². The van der Waals surface area contributed by atoms with E-state index in [1.807, 2.05) is 0 Å². The number of hydrogen-bond acceptors (Lipinski definition) is 3. The summed E-state index contributed by atoms with van der Waals surface area (Å²) in [5, 5.41) is 3.25. The lowest BCUT2D eigenvalue weighted by Gasteiger charge is -2.02. The van der Waals surface area contributed by atoms with Gasteiger partial charge in [-0.05, 0) is 35.0 Å². The van der Waals surface area contributed by atoms with Crippen molar-refractivity contribution in [3.63, 3.8) is 0 Å². The zero-order valence-electron chi connectivity index (χ0n) is 9.33. The van der Waals surface area contributed by atoms with Crippen LogP contribution in [0.25, 0.3) is 11.0 Å². The molecule has 0 saturated heterocycles. The Balaban J connectivity index is 2.85. The molecule has 0 bridgehead atoms. The molecule has 17 heavy (non-hydrogen) atoms. The molecule has 0 unspecified atom stereocenters. The predicted octanol–water partition coefficient (Wildman–Crippen LogP) is 2.68. The van der Waals surface area contributed by atoms with Crippen LogP contribution in [0.2, 0.25) is 0 Å². The molecule has 1 aromatic carbocycles. The van der Waals surface area contributed by atoms with Gasteiger partial charge in [0.1, 0.15) is 17.6 Å². The van der Waals surface area contributed by atoms with E-state index in [0.717, 1.165) is 9.86 Å². The van der Waals surface area contributed by atoms with Gasteiger partial charge in [-0.25, -0.2) is 0 Å². The highest BCUT2D eigenvalue weighted by Gasteiger charge is 2.17. The molecule has 5 heteroatoms. The predicted molar refractivity (Wildman–Crippen MR) is 67.4 cm³/mol. The van der Waals surface area contributed by atoms with E-state index in [0.29, 0.717) is 28.8 Å². The van der Waals surface area contributed by atoms with Crippen LogP contribution in [0, 0.1) is 6.92 Å². The molecule has 0 radical (unpaired) electrons. The van der Waals surface area contributed by atoms with Crippen molar-refractivity contribution in [1.29, 1.82) is 0 Å². The highest BCUT2D eigenvalue weighted by atomic mass is 79.9. The van der Waals surface area contributed by atoms with Gasteiger partial charge < -0.3 is 9.73 Å². The van der Waals surface area contributed by atoms with Crippen molar-refractivity contribution < 1.29 is 14.0 Å². The molecule has 1 aromatic heterocycles. The van der Waals surface area contributed by atoms with Gasteiger partial charge in [0.25, 0.3) is 5.91 Å². The van der Waals surface area contributed by atoms with Crippen LogP contribution < -0.4 is 5.32 Å². The fraction of sp³-hybridized carbons (Fsp3) is 0.167. The number of amides is 1. The average Bonchev–Trinajstić information content (AvgIpc) is 2.63. The van der Waals surface area contributed by atoms with E-state index >= 15 is 0 Å². The zero-order valence-corrected chi connectivity index (χ0v) is 10.9. The van der Waals surface area contributed by atoms with Crippen LogP contribution in [-0.4, -0.2) is 19.2 Å². The number of benzene rings is 1. The zero-order chi connectivity index (χ0) is 12.6. The van der Waals surface area contributed by atoms with E-state index in [2.05, 4.69) is 21.2 Å². The first-order valence-electron chi connectivity index (χ1n) is 4.98. The third-order valence-electron chi connectivity index (χ3n) is 2.52. The van der Waals surface area contributed by atoms with Crippen LogP contribution in [0.15, 0.2) is 21.0 Å². The van der Waals surface area contributed by atoms with Crippen LogP contribution in [0.3, 0.4) is 0 Å². The number of aldehydes is 1. The minimum absolute atomic E-state index is 0.278. The van der Waals surface area contributed by atoms with E-state index in [-0.39, 0.29) is 5.91 Å². The van der Waals surface area contributed by atoms with Crippen molar-refractivity contribution in [1.82, 2.24) is 5.32 Å². The lowest BCUT2D eigenvalue weighted by atomic mass is 10.1. The van der Waals surface area contributed by atoms with E-state index < -0.39 is 0 Å². The van der Waals surface area contributed by atoms with Gasteiger partial charge >= 0.3 is 0 Å². The fourth-order valence-corrected chi connectivity index (χ4v) is 2.06. The molecule has 0 aliphatic heterocycles. The maximum Gasteiger partial charge on any atom is 0.254 e.